The van der Waals surface area contributed by atoms with E-state index in [0.29, 0.717) is 29.2 Å². The van der Waals surface area contributed by atoms with Gasteiger partial charge in [0.25, 0.3) is 11.6 Å². The SMILES string of the molecule is CCOc1cc(/C=N/NC(=O)Cc2ccc([N+](=O)[O-])cc2)ccc1OCC(N)=O. The first kappa shape index (κ1) is 21.4. The molecule has 152 valence electrons. The Morgan fingerprint density at radius 1 is 1.17 bits per heavy atom. The van der Waals surface area contributed by atoms with Crippen LogP contribution in [0.1, 0.15) is 18.1 Å². The number of nitrogens with two attached hydrogens (primary N) is 1. The number of amides is 2. The lowest BCUT2D eigenvalue weighted by Crippen LogP contribution is -2.20. The summed E-state index contributed by atoms with van der Waals surface area (Å²) in [6, 6.07) is 10.6. The first-order valence-corrected chi connectivity index (χ1v) is 8.62. The normalized spacial score (nSPS) is 10.5. The van der Waals surface area contributed by atoms with Gasteiger partial charge in [0.15, 0.2) is 18.1 Å². The molecule has 2 aromatic rings. The second kappa shape index (κ2) is 10.4. The number of ether oxygens (including phenoxy) is 2. The zero-order chi connectivity index (χ0) is 21.2. The molecule has 0 aliphatic rings. The summed E-state index contributed by atoms with van der Waals surface area (Å²) in [6.45, 7) is 1.92. The van der Waals surface area contributed by atoms with Crippen molar-refractivity contribution in [2.45, 2.75) is 13.3 Å². The van der Waals surface area contributed by atoms with Crippen LogP contribution in [0.3, 0.4) is 0 Å². The van der Waals surface area contributed by atoms with Crippen LogP contribution in [0, 0.1) is 10.1 Å². The summed E-state index contributed by atoms with van der Waals surface area (Å²) in [5.41, 5.74) is 8.67. The zero-order valence-electron chi connectivity index (χ0n) is 15.7. The topological polar surface area (TPSA) is 146 Å². The molecule has 2 amide bonds. The highest BCUT2D eigenvalue weighted by Crippen LogP contribution is 2.28. The first-order valence-electron chi connectivity index (χ1n) is 8.62. The lowest BCUT2D eigenvalue weighted by molar-refractivity contribution is -0.384. The van der Waals surface area contributed by atoms with Crippen LogP contribution in [-0.2, 0) is 16.0 Å². The van der Waals surface area contributed by atoms with Gasteiger partial charge in [-0.15, -0.1) is 0 Å². The maximum absolute atomic E-state index is 11.9. The van der Waals surface area contributed by atoms with E-state index in [9.17, 15) is 19.7 Å². The molecular weight excluding hydrogens is 380 g/mol. The Bertz CT molecular complexity index is 911. The fourth-order valence-electron chi connectivity index (χ4n) is 2.28. The maximum atomic E-state index is 11.9. The van der Waals surface area contributed by atoms with Crippen molar-refractivity contribution in [3.05, 3.63) is 63.7 Å². The number of nitrogens with zero attached hydrogens (tertiary/aromatic N) is 2. The van der Waals surface area contributed by atoms with E-state index in [1.807, 2.05) is 0 Å². The van der Waals surface area contributed by atoms with E-state index in [2.05, 4.69) is 10.5 Å². The van der Waals surface area contributed by atoms with Crippen molar-refractivity contribution in [1.29, 1.82) is 0 Å². The first-order chi connectivity index (χ1) is 13.9. The minimum atomic E-state index is -0.603. The number of hydrogen-bond acceptors (Lipinski definition) is 7. The summed E-state index contributed by atoms with van der Waals surface area (Å²) in [5.74, 6) is -0.199. The van der Waals surface area contributed by atoms with Gasteiger partial charge in [-0.2, -0.15) is 5.10 Å². The van der Waals surface area contributed by atoms with E-state index in [-0.39, 0.29) is 24.6 Å². The van der Waals surface area contributed by atoms with Gasteiger partial charge in [-0.25, -0.2) is 5.43 Å². The predicted octanol–water partition coefficient (Wildman–Crippen LogP) is 1.55. The van der Waals surface area contributed by atoms with Gasteiger partial charge in [0.1, 0.15) is 0 Å². The molecule has 29 heavy (non-hydrogen) atoms. The summed E-state index contributed by atoms with van der Waals surface area (Å²) in [5, 5.41) is 14.5. The molecule has 0 saturated heterocycles. The number of carbonyl (C=O) groups excluding carboxylic acids is 2. The smallest absolute Gasteiger partial charge is 0.269 e. The molecule has 2 rings (SSSR count). The number of hydrazone groups is 1. The van der Waals surface area contributed by atoms with Gasteiger partial charge >= 0.3 is 0 Å². The highest BCUT2D eigenvalue weighted by molar-refractivity contribution is 5.84. The van der Waals surface area contributed by atoms with Crippen LogP contribution in [0.5, 0.6) is 11.5 Å². The van der Waals surface area contributed by atoms with Crippen LogP contribution < -0.4 is 20.6 Å². The van der Waals surface area contributed by atoms with Crippen molar-refractivity contribution in [3.63, 3.8) is 0 Å². The average molecular weight is 400 g/mol. The summed E-state index contributed by atoms with van der Waals surface area (Å²) >= 11 is 0. The number of hydrogen-bond donors (Lipinski definition) is 2. The van der Waals surface area contributed by atoms with Crippen molar-refractivity contribution in [1.82, 2.24) is 5.43 Å². The van der Waals surface area contributed by atoms with Gasteiger partial charge in [0.2, 0.25) is 5.91 Å². The molecule has 0 spiro atoms. The van der Waals surface area contributed by atoms with Gasteiger partial charge in [0.05, 0.1) is 24.2 Å². The minimum Gasteiger partial charge on any atom is -0.490 e. The highest BCUT2D eigenvalue weighted by atomic mass is 16.6. The standard InChI is InChI=1S/C19H20N4O6/c1-2-28-17-9-14(5-8-16(17)29-12-18(20)24)11-21-22-19(25)10-13-3-6-15(7-4-13)23(26)27/h3-9,11H,2,10,12H2,1H3,(H2,20,24)(H,22,25)/b21-11+. The van der Waals surface area contributed by atoms with Gasteiger partial charge in [0, 0.05) is 12.1 Å². The summed E-state index contributed by atoms with van der Waals surface area (Å²) in [7, 11) is 0. The molecule has 0 heterocycles. The molecule has 0 bridgehead atoms. The number of carbonyl (C=O) groups is 2. The van der Waals surface area contributed by atoms with Gasteiger partial charge in [-0.1, -0.05) is 12.1 Å². The molecule has 0 aliphatic carbocycles. The van der Waals surface area contributed by atoms with Gasteiger partial charge in [-0.05, 0) is 36.2 Å². The third-order valence-corrected chi connectivity index (χ3v) is 3.55. The molecule has 0 aromatic heterocycles. The van der Waals surface area contributed by atoms with Crippen molar-refractivity contribution < 1.29 is 24.0 Å². The molecule has 10 nitrogen and oxygen atoms in total. The molecule has 0 atom stereocenters. The zero-order valence-corrected chi connectivity index (χ0v) is 15.7. The average Bonchev–Trinajstić information content (AvgIpc) is 2.68. The van der Waals surface area contributed by atoms with Gasteiger partial charge in [-0.3, -0.25) is 19.7 Å². The number of rotatable bonds is 10. The quantitative estimate of drug-likeness (QED) is 0.351. The monoisotopic (exact) mass is 400 g/mol. The summed E-state index contributed by atoms with van der Waals surface area (Å²) in [4.78, 5) is 32.9. The van der Waals surface area contributed by atoms with E-state index in [1.54, 1.807) is 25.1 Å². The second-order valence-electron chi connectivity index (χ2n) is 5.79. The molecule has 10 heteroatoms. The number of nitro benzene ring substituents is 1. The Hall–Kier alpha value is -3.95. The largest absolute Gasteiger partial charge is 0.490 e. The van der Waals surface area contributed by atoms with Crippen molar-refractivity contribution in [2.24, 2.45) is 10.8 Å². The third kappa shape index (κ3) is 6.94. The second-order valence-corrected chi connectivity index (χ2v) is 5.79. The number of non-ortho nitro benzene ring substituents is 1. The fraction of sp³-hybridized carbons (Fsp3) is 0.211. The van der Waals surface area contributed by atoms with E-state index in [1.165, 1.54) is 30.5 Å². The highest BCUT2D eigenvalue weighted by Gasteiger charge is 2.08. The molecule has 0 fully saturated rings. The molecule has 3 N–H and O–H groups in total. The van der Waals surface area contributed by atoms with Crippen LogP contribution in [-0.4, -0.2) is 36.2 Å². The van der Waals surface area contributed by atoms with E-state index >= 15 is 0 Å². The minimum absolute atomic E-state index is 0.0272. The third-order valence-electron chi connectivity index (χ3n) is 3.55. The van der Waals surface area contributed by atoms with Crippen LogP contribution in [0.2, 0.25) is 0 Å². The lowest BCUT2D eigenvalue weighted by Gasteiger charge is -2.11. The van der Waals surface area contributed by atoms with Gasteiger partial charge < -0.3 is 15.2 Å². The van der Waals surface area contributed by atoms with Crippen LogP contribution in [0.4, 0.5) is 5.69 Å². The summed E-state index contributed by atoms with van der Waals surface area (Å²) < 4.78 is 10.8. The van der Waals surface area contributed by atoms with E-state index in [4.69, 9.17) is 15.2 Å². The van der Waals surface area contributed by atoms with E-state index < -0.39 is 10.8 Å². The fourth-order valence-corrected chi connectivity index (χ4v) is 2.28. The molecule has 2 aromatic carbocycles. The van der Waals surface area contributed by atoms with Crippen LogP contribution in [0.25, 0.3) is 0 Å². The number of benzene rings is 2. The van der Waals surface area contributed by atoms with E-state index in [0.717, 1.165) is 0 Å². The maximum Gasteiger partial charge on any atom is 0.269 e. The van der Waals surface area contributed by atoms with Crippen molar-refractivity contribution >= 4 is 23.7 Å². The molecule has 0 aliphatic heterocycles. The Morgan fingerprint density at radius 2 is 1.90 bits per heavy atom. The molecular formula is C19H20N4O6. The summed E-state index contributed by atoms with van der Waals surface area (Å²) in [6.07, 6.45) is 1.45. The molecule has 0 saturated carbocycles. The Morgan fingerprint density at radius 3 is 2.52 bits per heavy atom. The Labute approximate surface area is 166 Å². The molecule has 0 radical (unpaired) electrons. The predicted molar refractivity (Wildman–Crippen MR) is 105 cm³/mol. The number of nitrogens with one attached hydrogen (secondary N) is 1. The van der Waals surface area contributed by atoms with Crippen molar-refractivity contribution in [3.8, 4) is 11.5 Å². The Kier molecular flexibility index (Phi) is 7.66. The van der Waals surface area contributed by atoms with Crippen LogP contribution >= 0.6 is 0 Å². The Balaban J connectivity index is 1.95. The van der Waals surface area contributed by atoms with Crippen LogP contribution in [0.15, 0.2) is 47.6 Å². The molecule has 0 unspecified atom stereocenters. The lowest BCUT2D eigenvalue weighted by atomic mass is 10.1. The number of nitro groups is 1. The van der Waals surface area contributed by atoms with Crippen molar-refractivity contribution in [2.75, 3.05) is 13.2 Å². The number of primary amides is 1.